The molecule has 2 amide bonds. The van der Waals surface area contributed by atoms with Crippen LogP contribution in [-0.4, -0.2) is 44.3 Å². The van der Waals surface area contributed by atoms with Gasteiger partial charge in [-0.2, -0.15) is 0 Å². The van der Waals surface area contributed by atoms with E-state index in [4.69, 9.17) is 0 Å². The second-order valence-electron chi connectivity index (χ2n) is 10.6. The van der Waals surface area contributed by atoms with Crippen LogP contribution in [0, 0.1) is 19.8 Å². The van der Waals surface area contributed by atoms with Crippen LogP contribution in [-0.2, 0) is 32.6 Å². The van der Waals surface area contributed by atoms with Crippen molar-refractivity contribution in [2.45, 2.75) is 65.4 Å². The van der Waals surface area contributed by atoms with Crippen LogP contribution >= 0.6 is 0 Å². The molecule has 3 aromatic carbocycles. The summed E-state index contributed by atoms with van der Waals surface area (Å²) in [6, 6.07) is 20.7. The Kier molecular flexibility index (Phi) is 10.5. The van der Waals surface area contributed by atoms with Gasteiger partial charge in [-0.05, 0) is 68.0 Å². The number of hydrogen-bond acceptors (Lipinski definition) is 4. The predicted molar refractivity (Wildman–Crippen MR) is 161 cm³/mol. The SMILES string of the molecule is CCc1ccccc1N(CC(=O)N(Cc1ccccc1C)[C@@H](C)C(=O)NCC(C)C)S(=O)(=O)c1ccc(C)cc1. The predicted octanol–water partition coefficient (Wildman–Crippen LogP) is 5.25. The lowest BCUT2D eigenvalue weighted by molar-refractivity contribution is -0.139. The molecule has 0 fully saturated rings. The largest absolute Gasteiger partial charge is 0.354 e. The number of sulfonamides is 1. The third-order valence-electron chi connectivity index (χ3n) is 6.98. The average Bonchev–Trinajstić information content (AvgIpc) is 2.93. The van der Waals surface area contributed by atoms with Crippen LogP contribution in [0.3, 0.4) is 0 Å². The second kappa shape index (κ2) is 13.6. The number of hydrogen-bond donors (Lipinski definition) is 1. The number of rotatable bonds is 12. The van der Waals surface area contributed by atoms with E-state index in [1.807, 2.05) is 71.0 Å². The highest BCUT2D eigenvalue weighted by molar-refractivity contribution is 7.92. The topological polar surface area (TPSA) is 86.8 Å². The summed E-state index contributed by atoms with van der Waals surface area (Å²) in [7, 11) is -4.10. The van der Waals surface area contributed by atoms with Gasteiger partial charge >= 0.3 is 0 Å². The van der Waals surface area contributed by atoms with Crippen molar-refractivity contribution in [2.75, 3.05) is 17.4 Å². The molecular formula is C32H41N3O4S. The van der Waals surface area contributed by atoms with Gasteiger partial charge < -0.3 is 10.2 Å². The van der Waals surface area contributed by atoms with Crippen molar-refractivity contribution in [3.8, 4) is 0 Å². The Morgan fingerprint density at radius 3 is 2.05 bits per heavy atom. The van der Waals surface area contributed by atoms with Crippen LogP contribution in [0.2, 0.25) is 0 Å². The molecule has 0 saturated carbocycles. The highest BCUT2D eigenvalue weighted by Gasteiger charge is 2.33. The smallest absolute Gasteiger partial charge is 0.264 e. The van der Waals surface area contributed by atoms with Crippen molar-refractivity contribution in [2.24, 2.45) is 5.92 Å². The maximum atomic E-state index is 14.1. The zero-order valence-corrected chi connectivity index (χ0v) is 25.2. The van der Waals surface area contributed by atoms with Crippen LogP contribution in [0.15, 0.2) is 77.7 Å². The van der Waals surface area contributed by atoms with E-state index < -0.39 is 28.5 Å². The van der Waals surface area contributed by atoms with E-state index in [0.717, 1.165) is 22.3 Å². The summed E-state index contributed by atoms with van der Waals surface area (Å²) < 4.78 is 29.3. The van der Waals surface area contributed by atoms with E-state index >= 15 is 0 Å². The summed E-state index contributed by atoms with van der Waals surface area (Å²) in [6.07, 6.45) is 0.589. The molecule has 40 heavy (non-hydrogen) atoms. The van der Waals surface area contributed by atoms with Crippen LogP contribution in [0.25, 0.3) is 0 Å². The molecule has 3 rings (SSSR count). The number of para-hydroxylation sites is 1. The molecule has 0 radical (unpaired) electrons. The van der Waals surface area contributed by atoms with Gasteiger partial charge in [-0.1, -0.05) is 80.9 Å². The molecule has 0 heterocycles. The number of anilines is 1. The highest BCUT2D eigenvalue weighted by atomic mass is 32.2. The van der Waals surface area contributed by atoms with Crippen LogP contribution in [0.5, 0.6) is 0 Å². The third-order valence-corrected chi connectivity index (χ3v) is 8.76. The standard InChI is InChI=1S/C32H41N3O4S/c1-7-27-13-10-11-15-30(27)35(40(38,39)29-18-16-24(4)17-19-29)22-31(36)34(21-28-14-9-8-12-25(28)5)26(6)32(37)33-20-23(2)3/h8-19,23,26H,7,20-22H2,1-6H3,(H,33,37)/t26-/m0/s1. The van der Waals surface area contributed by atoms with E-state index in [9.17, 15) is 18.0 Å². The molecule has 1 N–H and O–H groups in total. The van der Waals surface area contributed by atoms with Gasteiger partial charge in [-0.15, -0.1) is 0 Å². The fourth-order valence-corrected chi connectivity index (χ4v) is 5.86. The number of aryl methyl sites for hydroxylation is 3. The molecule has 1 atom stereocenters. The molecule has 7 nitrogen and oxygen atoms in total. The molecular weight excluding hydrogens is 522 g/mol. The van der Waals surface area contributed by atoms with Crippen LogP contribution in [0.4, 0.5) is 5.69 Å². The van der Waals surface area contributed by atoms with Crippen LogP contribution < -0.4 is 9.62 Å². The van der Waals surface area contributed by atoms with Crippen molar-refractivity contribution >= 4 is 27.5 Å². The van der Waals surface area contributed by atoms with Gasteiger partial charge in [0, 0.05) is 13.1 Å². The second-order valence-corrected chi connectivity index (χ2v) is 12.4. The minimum atomic E-state index is -4.10. The molecule has 0 aliphatic carbocycles. The molecule has 0 unspecified atom stereocenters. The maximum absolute atomic E-state index is 14.1. The number of benzene rings is 3. The van der Waals surface area contributed by atoms with Crippen LogP contribution in [0.1, 0.15) is 49.9 Å². The van der Waals surface area contributed by atoms with Gasteiger partial charge in [-0.3, -0.25) is 13.9 Å². The number of carbonyl (C=O) groups is 2. The van der Waals surface area contributed by atoms with Gasteiger partial charge in [0.15, 0.2) is 0 Å². The molecule has 0 aliphatic heterocycles. The number of carbonyl (C=O) groups excluding carboxylic acids is 2. The highest BCUT2D eigenvalue weighted by Crippen LogP contribution is 2.28. The summed E-state index contributed by atoms with van der Waals surface area (Å²) in [5.41, 5.74) is 4.06. The van der Waals surface area contributed by atoms with Gasteiger partial charge in [-0.25, -0.2) is 8.42 Å². The number of nitrogens with one attached hydrogen (secondary N) is 1. The average molecular weight is 564 g/mol. The summed E-state index contributed by atoms with van der Waals surface area (Å²) in [4.78, 5) is 28.8. The summed E-state index contributed by atoms with van der Waals surface area (Å²) in [5.74, 6) is -0.494. The Morgan fingerprint density at radius 1 is 0.850 bits per heavy atom. The Morgan fingerprint density at radius 2 is 1.45 bits per heavy atom. The maximum Gasteiger partial charge on any atom is 0.264 e. The van der Waals surface area contributed by atoms with Crippen molar-refractivity contribution in [1.82, 2.24) is 10.2 Å². The van der Waals surface area contributed by atoms with Crippen molar-refractivity contribution < 1.29 is 18.0 Å². The lowest BCUT2D eigenvalue weighted by Crippen LogP contribution is -2.51. The van der Waals surface area contributed by atoms with Gasteiger partial charge in [0.2, 0.25) is 11.8 Å². The first kappa shape index (κ1) is 30.9. The van der Waals surface area contributed by atoms with Crippen molar-refractivity contribution in [3.63, 3.8) is 0 Å². The lowest BCUT2D eigenvalue weighted by atomic mass is 10.1. The normalized spacial score (nSPS) is 12.2. The van der Waals surface area contributed by atoms with Crippen molar-refractivity contribution in [1.29, 1.82) is 0 Å². The van der Waals surface area contributed by atoms with E-state index in [1.54, 1.807) is 43.3 Å². The molecule has 214 valence electrons. The molecule has 3 aromatic rings. The lowest BCUT2D eigenvalue weighted by Gasteiger charge is -2.33. The summed E-state index contributed by atoms with van der Waals surface area (Å²) in [5, 5.41) is 2.92. The first-order chi connectivity index (χ1) is 18.9. The Hall–Kier alpha value is -3.65. The first-order valence-corrected chi connectivity index (χ1v) is 15.2. The van der Waals surface area contributed by atoms with Crippen molar-refractivity contribution in [3.05, 3.63) is 95.1 Å². The molecule has 0 spiro atoms. The molecule has 0 saturated heterocycles. The Balaban J connectivity index is 2.06. The summed E-state index contributed by atoms with van der Waals surface area (Å²) >= 11 is 0. The summed E-state index contributed by atoms with van der Waals surface area (Å²) in [6.45, 7) is 11.7. The fraction of sp³-hybridized carbons (Fsp3) is 0.375. The number of nitrogens with zero attached hydrogens (tertiary/aromatic N) is 2. The quantitative estimate of drug-likeness (QED) is 0.326. The van der Waals surface area contributed by atoms with Gasteiger partial charge in [0.25, 0.3) is 10.0 Å². The first-order valence-electron chi connectivity index (χ1n) is 13.7. The Bertz CT molecular complexity index is 1420. The molecule has 8 heteroatoms. The van der Waals surface area contributed by atoms with E-state index in [-0.39, 0.29) is 23.3 Å². The van der Waals surface area contributed by atoms with E-state index in [0.29, 0.717) is 18.7 Å². The number of amides is 2. The zero-order valence-electron chi connectivity index (χ0n) is 24.3. The zero-order chi connectivity index (χ0) is 29.4. The van der Waals surface area contributed by atoms with Gasteiger partial charge in [0.05, 0.1) is 10.6 Å². The molecule has 0 aromatic heterocycles. The van der Waals surface area contributed by atoms with E-state index in [1.165, 1.54) is 9.21 Å². The Labute approximate surface area is 239 Å². The third kappa shape index (κ3) is 7.50. The molecule has 0 aliphatic rings. The monoisotopic (exact) mass is 563 g/mol. The minimum Gasteiger partial charge on any atom is -0.354 e. The van der Waals surface area contributed by atoms with Gasteiger partial charge in [0.1, 0.15) is 12.6 Å². The fourth-order valence-electron chi connectivity index (χ4n) is 4.41. The van der Waals surface area contributed by atoms with E-state index in [2.05, 4.69) is 5.32 Å². The minimum absolute atomic E-state index is 0.102. The molecule has 0 bridgehead atoms.